The third-order valence-corrected chi connectivity index (χ3v) is 2.32. The summed E-state index contributed by atoms with van der Waals surface area (Å²) in [7, 11) is 0. The van der Waals surface area contributed by atoms with Crippen LogP contribution in [0.25, 0.3) is 0 Å². The molecule has 0 fully saturated rings. The van der Waals surface area contributed by atoms with Crippen molar-refractivity contribution >= 4 is 11.9 Å². The number of carboxylic acid groups (broad SMARTS) is 1. The van der Waals surface area contributed by atoms with Gasteiger partial charge in [0.2, 0.25) is 0 Å². The van der Waals surface area contributed by atoms with Gasteiger partial charge in [-0.15, -0.1) is 0 Å². The van der Waals surface area contributed by atoms with Crippen molar-refractivity contribution in [2.45, 2.75) is 25.9 Å². The Kier molecular flexibility index (Phi) is 4.65. The van der Waals surface area contributed by atoms with Crippen LogP contribution in [0.4, 0.5) is 4.39 Å². The number of carbonyl (C=O) groups excluding carboxylic acids is 1. The van der Waals surface area contributed by atoms with E-state index in [9.17, 15) is 14.0 Å². The lowest BCUT2D eigenvalue weighted by atomic mass is 10.1. The molecule has 0 aliphatic heterocycles. The largest absolute Gasteiger partial charge is 0.479 e. The third-order valence-electron chi connectivity index (χ3n) is 2.32. The number of benzene rings is 1. The number of ether oxygens (including phenoxy) is 1. The Labute approximate surface area is 103 Å². The molecule has 0 spiro atoms. The third kappa shape index (κ3) is 3.19. The molecule has 0 aromatic heterocycles. The average Bonchev–Trinajstić information content (AvgIpc) is 2.27. The highest BCUT2D eigenvalue weighted by Gasteiger charge is 2.22. The predicted octanol–water partition coefficient (Wildman–Crippen LogP) is 1.56. The van der Waals surface area contributed by atoms with Gasteiger partial charge in [-0.25, -0.2) is 9.18 Å². The Balaban J connectivity index is 3.06. The lowest BCUT2D eigenvalue weighted by Gasteiger charge is -2.16. The zero-order chi connectivity index (χ0) is 13.7. The lowest BCUT2D eigenvalue weighted by molar-refractivity contribution is -0.145. The molecule has 1 rings (SSSR count). The molecule has 3 N–H and O–H groups in total. The Hall–Kier alpha value is -2.11. The van der Waals surface area contributed by atoms with E-state index in [1.54, 1.807) is 6.92 Å². The van der Waals surface area contributed by atoms with E-state index < -0.39 is 29.4 Å². The molecule has 98 valence electrons. The number of nitrogens with two attached hydrogens (primary N) is 1. The zero-order valence-electron chi connectivity index (χ0n) is 9.85. The molecule has 18 heavy (non-hydrogen) atoms. The summed E-state index contributed by atoms with van der Waals surface area (Å²) >= 11 is 0. The summed E-state index contributed by atoms with van der Waals surface area (Å²) in [6, 6.07) is 3.69. The first-order valence-corrected chi connectivity index (χ1v) is 5.45. The van der Waals surface area contributed by atoms with Crippen molar-refractivity contribution < 1.29 is 23.8 Å². The van der Waals surface area contributed by atoms with E-state index in [2.05, 4.69) is 0 Å². The standard InChI is InChI=1S/C12H14FNO4/c1-2-4-9(12(16)17)18-8-6-3-5-7(13)10(8)11(14)15/h3,5-6,9H,2,4H2,1H3,(H2,14,15)(H,16,17). The van der Waals surface area contributed by atoms with Gasteiger partial charge < -0.3 is 15.6 Å². The van der Waals surface area contributed by atoms with Crippen molar-refractivity contribution in [1.82, 2.24) is 0 Å². The Morgan fingerprint density at radius 2 is 2.17 bits per heavy atom. The highest BCUT2D eigenvalue weighted by molar-refractivity contribution is 5.96. The number of carboxylic acids is 1. The van der Waals surface area contributed by atoms with Crippen molar-refractivity contribution in [3.05, 3.63) is 29.6 Å². The Bertz CT molecular complexity index is 461. The molecule has 0 saturated carbocycles. The van der Waals surface area contributed by atoms with E-state index in [0.717, 1.165) is 6.07 Å². The Morgan fingerprint density at radius 1 is 1.50 bits per heavy atom. The first kappa shape index (κ1) is 14.0. The summed E-state index contributed by atoms with van der Waals surface area (Å²) in [5.74, 6) is -3.15. The molecule has 1 aromatic carbocycles. The van der Waals surface area contributed by atoms with Crippen molar-refractivity contribution in [2.24, 2.45) is 5.73 Å². The molecule has 1 unspecified atom stereocenters. The van der Waals surface area contributed by atoms with Crippen LogP contribution in [0.15, 0.2) is 18.2 Å². The number of amides is 1. The van der Waals surface area contributed by atoms with Gasteiger partial charge in [0.25, 0.3) is 5.91 Å². The van der Waals surface area contributed by atoms with Crippen molar-refractivity contribution in [3.8, 4) is 5.75 Å². The maximum absolute atomic E-state index is 13.4. The van der Waals surface area contributed by atoms with Crippen LogP contribution in [0.2, 0.25) is 0 Å². The summed E-state index contributed by atoms with van der Waals surface area (Å²) in [5, 5.41) is 8.93. The predicted molar refractivity (Wildman–Crippen MR) is 61.9 cm³/mol. The maximum atomic E-state index is 13.4. The van der Waals surface area contributed by atoms with Gasteiger partial charge in [0.1, 0.15) is 17.1 Å². The molecule has 6 heteroatoms. The SMILES string of the molecule is CCCC(Oc1cccc(F)c1C(N)=O)C(=O)O. The van der Waals surface area contributed by atoms with Gasteiger partial charge in [0.15, 0.2) is 6.10 Å². The fourth-order valence-corrected chi connectivity index (χ4v) is 1.49. The highest BCUT2D eigenvalue weighted by atomic mass is 19.1. The monoisotopic (exact) mass is 255 g/mol. The van der Waals surface area contributed by atoms with Gasteiger partial charge >= 0.3 is 5.97 Å². The van der Waals surface area contributed by atoms with Crippen molar-refractivity contribution in [2.75, 3.05) is 0 Å². The van der Waals surface area contributed by atoms with Crippen LogP contribution < -0.4 is 10.5 Å². The summed E-state index contributed by atoms with van der Waals surface area (Å²) in [4.78, 5) is 22.0. The van der Waals surface area contributed by atoms with E-state index in [-0.39, 0.29) is 12.2 Å². The minimum Gasteiger partial charge on any atom is -0.479 e. The molecular formula is C12H14FNO4. The molecule has 1 aromatic rings. The summed E-state index contributed by atoms with van der Waals surface area (Å²) < 4.78 is 18.6. The minimum absolute atomic E-state index is 0.150. The molecule has 0 bridgehead atoms. The van der Waals surface area contributed by atoms with E-state index >= 15 is 0 Å². The van der Waals surface area contributed by atoms with Crippen LogP contribution in [-0.2, 0) is 4.79 Å². The maximum Gasteiger partial charge on any atom is 0.344 e. The van der Waals surface area contributed by atoms with Gasteiger partial charge in [-0.1, -0.05) is 19.4 Å². The zero-order valence-corrected chi connectivity index (χ0v) is 9.85. The van der Waals surface area contributed by atoms with E-state index in [1.165, 1.54) is 12.1 Å². The molecule has 0 aliphatic carbocycles. The van der Waals surface area contributed by atoms with Crippen LogP contribution >= 0.6 is 0 Å². The van der Waals surface area contributed by atoms with Crippen LogP contribution in [0.3, 0.4) is 0 Å². The van der Waals surface area contributed by atoms with Crippen molar-refractivity contribution in [3.63, 3.8) is 0 Å². The first-order valence-electron chi connectivity index (χ1n) is 5.45. The molecule has 0 saturated heterocycles. The number of carbonyl (C=O) groups is 2. The van der Waals surface area contributed by atoms with Crippen molar-refractivity contribution in [1.29, 1.82) is 0 Å². The number of primary amides is 1. The molecular weight excluding hydrogens is 241 g/mol. The Morgan fingerprint density at radius 3 is 2.67 bits per heavy atom. The highest BCUT2D eigenvalue weighted by Crippen LogP contribution is 2.23. The minimum atomic E-state index is -1.17. The molecule has 0 radical (unpaired) electrons. The summed E-state index contributed by atoms with van der Waals surface area (Å²) in [6.07, 6.45) is -0.294. The summed E-state index contributed by atoms with van der Waals surface area (Å²) in [6.45, 7) is 1.79. The first-order chi connectivity index (χ1) is 8.47. The van der Waals surface area contributed by atoms with Gasteiger partial charge in [0.05, 0.1) is 0 Å². The van der Waals surface area contributed by atoms with Crippen LogP contribution in [0, 0.1) is 5.82 Å². The van der Waals surface area contributed by atoms with Gasteiger partial charge in [-0.3, -0.25) is 4.79 Å². The number of rotatable bonds is 6. The normalized spacial score (nSPS) is 11.9. The molecule has 1 atom stereocenters. The second-order valence-electron chi connectivity index (χ2n) is 3.71. The van der Waals surface area contributed by atoms with Crippen LogP contribution in [-0.4, -0.2) is 23.1 Å². The van der Waals surface area contributed by atoms with E-state index in [1.807, 2.05) is 0 Å². The van der Waals surface area contributed by atoms with Gasteiger partial charge in [-0.05, 0) is 18.6 Å². The number of hydrogen-bond donors (Lipinski definition) is 2. The molecule has 0 heterocycles. The fourth-order valence-electron chi connectivity index (χ4n) is 1.49. The molecule has 1 amide bonds. The van der Waals surface area contributed by atoms with E-state index in [0.29, 0.717) is 6.42 Å². The lowest BCUT2D eigenvalue weighted by Crippen LogP contribution is -2.28. The number of aliphatic carboxylic acids is 1. The van der Waals surface area contributed by atoms with Gasteiger partial charge in [0, 0.05) is 0 Å². The van der Waals surface area contributed by atoms with Gasteiger partial charge in [-0.2, -0.15) is 0 Å². The van der Waals surface area contributed by atoms with Crippen LogP contribution in [0.1, 0.15) is 30.1 Å². The molecule has 5 nitrogen and oxygen atoms in total. The van der Waals surface area contributed by atoms with E-state index in [4.69, 9.17) is 15.6 Å². The quantitative estimate of drug-likeness (QED) is 0.807. The molecule has 0 aliphatic rings. The summed E-state index contributed by atoms with van der Waals surface area (Å²) in [5.41, 5.74) is 4.60. The number of hydrogen-bond acceptors (Lipinski definition) is 3. The number of halogens is 1. The van der Waals surface area contributed by atoms with Crippen LogP contribution in [0.5, 0.6) is 5.75 Å². The average molecular weight is 255 g/mol. The topological polar surface area (TPSA) is 89.6 Å². The fraction of sp³-hybridized carbons (Fsp3) is 0.333. The smallest absolute Gasteiger partial charge is 0.344 e. The second kappa shape index (κ2) is 6.00. The second-order valence-corrected chi connectivity index (χ2v) is 3.71.